The van der Waals surface area contributed by atoms with Crippen LogP contribution in [0.25, 0.3) is 0 Å². The lowest BCUT2D eigenvalue weighted by atomic mass is 10.1. The summed E-state index contributed by atoms with van der Waals surface area (Å²) in [7, 11) is 0. The number of rotatable bonds is 0. The molecule has 0 aromatic carbocycles. The van der Waals surface area contributed by atoms with Crippen LogP contribution in [0.3, 0.4) is 0 Å². The molecule has 0 radical (unpaired) electrons. The van der Waals surface area contributed by atoms with Crippen LogP contribution < -0.4 is 0 Å². The molecule has 5 heteroatoms. The number of carbonyl (C=O) groups is 2. The third-order valence-corrected chi connectivity index (χ3v) is 1.82. The zero-order valence-electron chi connectivity index (χ0n) is 5.52. The van der Waals surface area contributed by atoms with E-state index in [0.29, 0.717) is 0 Å². The summed E-state index contributed by atoms with van der Waals surface area (Å²) in [5, 5.41) is 9.03. The van der Waals surface area contributed by atoms with Gasteiger partial charge in [-0.25, -0.2) is 4.79 Å². The van der Waals surface area contributed by atoms with Crippen molar-refractivity contribution in [3.05, 3.63) is 0 Å². The standard InChI is InChI=1S/C6H6O5/c7-3-1-2-5(11-3)4(8)6(9)10-2/h2,4-5,8H,1H2/t2?,4-,5?/m0/s1. The van der Waals surface area contributed by atoms with Crippen LogP contribution >= 0.6 is 0 Å². The van der Waals surface area contributed by atoms with Gasteiger partial charge in [0.1, 0.15) is 0 Å². The first-order valence-corrected chi connectivity index (χ1v) is 3.26. The minimum atomic E-state index is -1.29. The van der Waals surface area contributed by atoms with Crippen LogP contribution in [0.1, 0.15) is 6.42 Å². The molecule has 0 saturated carbocycles. The quantitative estimate of drug-likeness (QED) is 0.438. The normalized spacial score (nSPS) is 41.7. The maximum atomic E-state index is 10.6. The summed E-state index contributed by atoms with van der Waals surface area (Å²) in [6, 6.07) is 0. The minimum absolute atomic E-state index is 0.0630. The van der Waals surface area contributed by atoms with E-state index in [1.165, 1.54) is 0 Å². The molecule has 2 aliphatic heterocycles. The SMILES string of the molecule is O=C1CC2OC(=O)[C@@H](O)C2O1. The molecule has 0 aromatic heterocycles. The Morgan fingerprint density at radius 2 is 2.09 bits per heavy atom. The van der Waals surface area contributed by atoms with Gasteiger partial charge in [0.15, 0.2) is 18.3 Å². The molecule has 0 aliphatic carbocycles. The van der Waals surface area contributed by atoms with Crippen LogP contribution in [0.5, 0.6) is 0 Å². The topological polar surface area (TPSA) is 72.8 Å². The molecule has 0 bridgehead atoms. The van der Waals surface area contributed by atoms with Gasteiger partial charge in [-0.2, -0.15) is 0 Å². The van der Waals surface area contributed by atoms with Crippen molar-refractivity contribution in [3.63, 3.8) is 0 Å². The fraction of sp³-hybridized carbons (Fsp3) is 0.667. The van der Waals surface area contributed by atoms with Gasteiger partial charge in [-0.15, -0.1) is 0 Å². The van der Waals surface area contributed by atoms with E-state index < -0.39 is 30.3 Å². The third-order valence-electron chi connectivity index (χ3n) is 1.82. The molecule has 0 spiro atoms. The summed E-state index contributed by atoms with van der Waals surface area (Å²) in [6.45, 7) is 0. The molecule has 5 nitrogen and oxygen atoms in total. The number of ether oxygens (including phenoxy) is 2. The Labute approximate surface area is 61.9 Å². The number of esters is 2. The maximum Gasteiger partial charge on any atom is 0.339 e. The van der Waals surface area contributed by atoms with Gasteiger partial charge in [-0.3, -0.25) is 4.79 Å². The van der Waals surface area contributed by atoms with Crippen molar-refractivity contribution in [1.82, 2.24) is 0 Å². The van der Waals surface area contributed by atoms with E-state index in [0.717, 1.165) is 0 Å². The second kappa shape index (κ2) is 1.94. The van der Waals surface area contributed by atoms with Crippen LogP contribution in [-0.2, 0) is 19.1 Å². The van der Waals surface area contributed by atoms with Gasteiger partial charge in [0.2, 0.25) is 0 Å². The zero-order valence-corrected chi connectivity index (χ0v) is 5.52. The van der Waals surface area contributed by atoms with Crippen LogP contribution in [0.15, 0.2) is 0 Å². The molecule has 3 atom stereocenters. The van der Waals surface area contributed by atoms with Crippen molar-refractivity contribution in [2.24, 2.45) is 0 Å². The summed E-state index contributed by atoms with van der Waals surface area (Å²) in [6.07, 6.45) is -2.56. The fourth-order valence-electron chi connectivity index (χ4n) is 1.29. The lowest BCUT2D eigenvalue weighted by Gasteiger charge is -2.05. The van der Waals surface area contributed by atoms with Gasteiger partial charge >= 0.3 is 11.9 Å². The number of aliphatic hydroxyl groups is 1. The molecule has 0 aromatic rings. The van der Waals surface area contributed by atoms with E-state index in [2.05, 4.69) is 9.47 Å². The average Bonchev–Trinajstić information content (AvgIpc) is 2.37. The number of aliphatic hydroxyl groups excluding tert-OH is 1. The van der Waals surface area contributed by atoms with Crippen LogP contribution in [-0.4, -0.2) is 35.4 Å². The lowest BCUT2D eigenvalue weighted by molar-refractivity contribution is -0.152. The molecular formula is C6H6O5. The highest BCUT2D eigenvalue weighted by Crippen LogP contribution is 2.27. The number of fused-ring (bicyclic) bond motifs is 1. The highest BCUT2D eigenvalue weighted by molar-refractivity contribution is 5.82. The first kappa shape index (κ1) is 6.60. The van der Waals surface area contributed by atoms with Gasteiger partial charge in [0.05, 0.1) is 6.42 Å². The molecule has 2 heterocycles. The summed E-state index contributed by atoms with van der Waals surface area (Å²) >= 11 is 0. The Balaban J connectivity index is 2.19. The number of hydrogen-bond acceptors (Lipinski definition) is 5. The summed E-state index contributed by atoms with van der Waals surface area (Å²) in [5.41, 5.74) is 0. The Kier molecular flexibility index (Phi) is 1.17. The van der Waals surface area contributed by atoms with E-state index in [1.807, 2.05) is 0 Å². The average molecular weight is 158 g/mol. The van der Waals surface area contributed by atoms with Gasteiger partial charge < -0.3 is 14.6 Å². The minimum Gasteiger partial charge on any atom is -0.456 e. The van der Waals surface area contributed by atoms with Crippen molar-refractivity contribution in [2.75, 3.05) is 0 Å². The van der Waals surface area contributed by atoms with Gasteiger partial charge in [0, 0.05) is 0 Å². The first-order chi connectivity index (χ1) is 5.18. The lowest BCUT2D eigenvalue weighted by Crippen LogP contribution is -2.29. The van der Waals surface area contributed by atoms with Crippen molar-refractivity contribution < 1.29 is 24.2 Å². The first-order valence-electron chi connectivity index (χ1n) is 3.26. The zero-order chi connectivity index (χ0) is 8.01. The number of hydrogen-bond donors (Lipinski definition) is 1. The smallest absolute Gasteiger partial charge is 0.339 e. The van der Waals surface area contributed by atoms with Crippen molar-refractivity contribution in [2.45, 2.75) is 24.7 Å². The third kappa shape index (κ3) is 0.808. The fourth-order valence-corrected chi connectivity index (χ4v) is 1.29. The van der Waals surface area contributed by atoms with Gasteiger partial charge in [0.25, 0.3) is 0 Å². The monoisotopic (exact) mass is 158 g/mol. The summed E-state index contributed by atoms with van der Waals surface area (Å²) in [4.78, 5) is 21.2. The predicted octanol–water partition coefficient (Wildman–Crippen LogP) is -1.41. The van der Waals surface area contributed by atoms with Crippen molar-refractivity contribution in [3.8, 4) is 0 Å². The maximum absolute atomic E-state index is 10.6. The van der Waals surface area contributed by atoms with Crippen LogP contribution in [0, 0.1) is 0 Å². The molecule has 2 fully saturated rings. The predicted molar refractivity (Wildman–Crippen MR) is 30.4 cm³/mol. The summed E-state index contributed by atoms with van der Waals surface area (Å²) < 4.78 is 9.27. The summed E-state index contributed by atoms with van der Waals surface area (Å²) in [5.74, 6) is -1.13. The Morgan fingerprint density at radius 3 is 2.73 bits per heavy atom. The largest absolute Gasteiger partial charge is 0.456 e. The molecule has 60 valence electrons. The van der Waals surface area contributed by atoms with Crippen LogP contribution in [0.2, 0.25) is 0 Å². The molecule has 0 amide bonds. The molecule has 2 rings (SSSR count). The second-order valence-corrected chi connectivity index (χ2v) is 2.58. The molecule has 2 aliphatic rings. The van der Waals surface area contributed by atoms with E-state index in [4.69, 9.17) is 5.11 Å². The highest BCUT2D eigenvalue weighted by atomic mass is 16.6. The van der Waals surface area contributed by atoms with Crippen molar-refractivity contribution >= 4 is 11.9 Å². The van der Waals surface area contributed by atoms with Crippen LogP contribution in [0.4, 0.5) is 0 Å². The molecule has 1 N–H and O–H groups in total. The van der Waals surface area contributed by atoms with E-state index in [9.17, 15) is 9.59 Å². The molecule has 11 heavy (non-hydrogen) atoms. The van der Waals surface area contributed by atoms with E-state index >= 15 is 0 Å². The molecule has 2 unspecified atom stereocenters. The van der Waals surface area contributed by atoms with Crippen molar-refractivity contribution in [1.29, 1.82) is 0 Å². The molecular weight excluding hydrogens is 152 g/mol. The second-order valence-electron chi connectivity index (χ2n) is 2.58. The van der Waals surface area contributed by atoms with E-state index in [1.54, 1.807) is 0 Å². The molecule has 2 saturated heterocycles. The Morgan fingerprint density at radius 1 is 1.36 bits per heavy atom. The highest BCUT2D eigenvalue weighted by Gasteiger charge is 2.51. The van der Waals surface area contributed by atoms with E-state index in [-0.39, 0.29) is 6.42 Å². The van der Waals surface area contributed by atoms with Gasteiger partial charge in [-0.05, 0) is 0 Å². The number of carbonyl (C=O) groups excluding carboxylic acids is 2. The Hall–Kier alpha value is -1.10. The van der Waals surface area contributed by atoms with Gasteiger partial charge in [-0.1, -0.05) is 0 Å². The Bertz CT molecular complexity index is 223.